The Hall–Kier alpha value is -3.26. The molecule has 0 saturated carbocycles. The molecule has 0 atom stereocenters. The molecule has 1 aliphatic heterocycles. The van der Waals surface area contributed by atoms with Crippen molar-refractivity contribution in [2.45, 2.75) is 38.3 Å². The number of piperidine rings is 1. The van der Waals surface area contributed by atoms with Crippen molar-refractivity contribution in [1.82, 2.24) is 24.6 Å². The van der Waals surface area contributed by atoms with Gasteiger partial charge in [0.1, 0.15) is 0 Å². The van der Waals surface area contributed by atoms with Gasteiger partial charge in [0.25, 0.3) is 11.1 Å². The lowest BCUT2D eigenvalue weighted by Crippen LogP contribution is -2.46. The van der Waals surface area contributed by atoms with Crippen LogP contribution in [0.4, 0.5) is 0 Å². The molecule has 1 aromatic carbocycles. The van der Waals surface area contributed by atoms with Crippen LogP contribution in [0.5, 0.6) is 0 Å². The molecule has 1 saturated heterocycles. The van der Waals surface area contributed by atoms with Crippen molar-refractivity contribution in [2.24, 2.45) is 0 Å². The van der Waals surface area contributed by atoms with Crippen LogP contribution in [0.2, 0.25) is 0 Å². The number of likely N-dealkylation sites (tertiary alicyclic amines) is 1. The summed E-state index contributed by atoms with van der Waals surface area (Å²) in [5.41, 5.74) is 0.500. The van der Waals surface area contributed by atoms with Gasteiger partial charge < -0.3 is 9.80 Å². The molecule has 1 fully saturated rings. The van der Waals surface area contributed by atoms with Crippen LogP contribution in [0.3, 0.4) is 0 Å². The summed E-state index contributed by atoms with van der Waals surface area (Å²) in [6.07, 6.45) is 4.78. The normalized spacial score (nSPS) is 15.2. The number of fused-ring (bicyclic) bond motifs is 1. The number of aromatic amines is 1. The largest absolute Gasteiger partial charge is 0.343 e. The van der Waals surface area contributed by atoms with E-state index in [1.807, 2.05) is 31.4 Å². The number of carbonyl (C=O) groups excluding carboxylic acids is 1. The van der Waals surface area contributed by atoms with Gasteiger partial charge in [-0.2, -0.15) is 0 Å². The predicted octanol–water partition coefficient (Wildman–Crippen LogP) is 1.64. The molecule has 3 heterocycles. The lowest BCUT2D eigenvalue weighted by molar-refractivity contribution is -0.133. The number of carbonyl (C=O) groups is 1. The fourth-order valence-corrected chi connectivity index (χ4v) is 4.34. The fourth-order valence-electron chi connectivity index (χ4n) is 4.34. The number of hydrogen-bond donors (Lipinski definition) is 1. The molecule has 0 radical (unpaired) electrons. The molecule has 0 spiro atoms. The lowest BCUT2D eigenvalue weighted by Gasteiger charge is -2.36. The molecule has 8 heteroatoms. The van der Waals surface area contributed by atoms with E-state index in [-0.39, 0.29) is 36.0 Å². The van der Waals surface area contributed by atoms with Gasteiger partial charge in [0.05, 0.1) is 17.3 Å². The molecule has 1 amide bonds. The van der Waals surface area contributed by atoms with Crippen LogP contribution in [-0.4, -0.2) is 63.2 Å². The number of nitrogens with zero attached hydrogens (tertiary/aromatic N) is 4. The maximum Gasteiger partial charge on any atom is 0.273 e. The van der Waals surface area contributed by atoms with E-state index in [9.17, 15) is 14.4 Å². The number of aromatic nitrogens is 3. The van der Waals surface area contributed by atoms with Crippen LogP contribution < -0.4 is 11.1 Å². The smallest absolute Gasteiger partial charge is 0.273 e. The Kier molecular flexibility index (Phi) is 6.80. The number of aryl methyl sites for hydroxylation is 1. The summed E-state index contributed by atoms with van der Waals surface area (Å²) in [4.78, 5) is 46.2. The number of rotatable bonds is 7. The Morgan fingerprint density at radius 3 is 2.50 bits per heavy atom. The van der Waals surface area contributed by atoms with Crippen LogP contribution >= 0.6 is 0 Å². The third-order valence-electron chi connectivity index (χ3n) is 6.34. The minimum atomic E-state index is -0.320. The number of hydrogen-bond acceptors (Lipinski definition) is 5. The van der Waals surface area contributed by atoms with Crippen molar-refractivity contribution in [3.8, 4) is 0 Å². The minimum Gasteiger partial charge on any atom is -0.343 e. The average molecular weight is 436 g/mol. The summed E-state index contributed by atoms with van der Waals surface area (Å²) in [5.74, 6) is -0.0159. The summed E-state index contributed by atoms with van der Waals surface area (Å²) in [5, 5.41) is 3.33. The molecule has 3 aromatic rings. The Bertz CT molecular complexity index is 1180. The van der Waals surface area contributed by atoms with Crippen molar-refractivity contribution in [2.75, 3.05) is 26.7 Å². The highest BCUT2D eigenvalue weighted by atomic mass is 16.2. The molecular formula is C24H29N5O3. The van der Waals surface area contributed by atoms with E-state index in [0.717, 1.165) is 44.6 Å². The van der Waals surface area contributed by atoms with Crippen LogP contribution in [0.1, 0.15) is 25.0 Å². The van der Waals surface area contributed by atoms with Gasteiger partial charge in [0.2, 0.25) is 5.91 Å². The zero-order valence-corrected chi connectivity index (χ0v) is 18.4. The molecule has 0 unspecified atom stereocenters. The highest BCUT2D eigenvalue weighted by Crippen LogP contribution is 2.16. The Labute approximate surface area is 186 Å². The fraction of sp³-hybridized carbons (Fsp3) is 0.417. The third-order valence-corrected chi connectivity index (χ3v) is 6.34. The van der Waals surface area contributed by atoms with Crippen molar-refractivity contribution < 1.29 is 4.79 Å². The molecule has 2 aromatic heterocycles. The van der Waals surface area contributed by atoms with Gasteiger partial charge in [0, 0.05) is 57.5 Å². The van der Waals surface area contributed by atoms with E-state index < -0.39 is 0 Å². The highest BCUT2D eigenvalue weighted by molar-refractivity contribution is 5.80. The van der Waals surface area contributed by atoms with Gasteiger partial charge in [-0.1, -0.05) is 18.2 Å². The lowest BCUT2D eigenvalue weighted by atomic mass is 10.0. The first-order valence-electron chi connectivity index (χ1n) is 11.1. The first-order valence-corrected chi connectivity index (χ1v) is 11.1. The van der Waals surface area contributed by atoms with Gasteiger partial charge in [-0.15, -0.1) is 0 Å². The van der Waals surface area contributed by atoms with Crippen molar-refractivity contribution in [3.63, 3.8) is 0 Å². The van der Waals surface area contributed by atoms with Crippen LogP contribution in [0.15, 0.2) is 58.3 Å². The first-order chi connectivity index (χ1) is 15.5. The maximum atomic E-state index is 12.8. The third kappa shape index (κ3) is 4.96. The summed E-state index contributed by atoms with van der Waals surface area (Å²) >= 11 is 0. The van der Waals surface area contributed by atoms with Crippen molar-refractivity contribution >= 4 is 16.7 Å². The SMILES string of the molecule is CN(C(=O)CCn1[nH]c(=O)c2ccccc2c1=O)C1CCN(CCc2ccccn2)CC1. The van der Waals surface area contributed by atoms with E-state index >= 15 is 0 Å². The monoisotopic (exact) mass is 435 g/mol. The second kappa shape index (κ2) is 9.91. The Morgan fingerprint density at radius 2 is 1.78 bits per heavy atom. The Balaban J connectivity index is 1.28. The molecule has 0 bridgehead atoms. The predicted molar refractivity (Wildman–Crippen MR) is 124 cm³/mol. The number of nitrogens with one attached hydrogen (secondary N) is 1. The van der Waals surface area contributed by atoms with Crippen LogP contribution in [0.25, 0.3) is 10.8 Å². The van der Waals surface area contributed by atoms with Crippen LogP contribution in [-0.2, 0) is 17.8 Å². The minimum absolute atomic E-state index is 0.0159. The number of amides is 1. The molecular weight excluding hydrogens is 406 g/mol. The molecule has 4 rings (SSSR count). The van der Waals surface area contributed by atoms with Crippen molar-refractivity contribution in [3.05, 3.63) is 75.1 Å². The van der Waals surface area contributed by atoms with Gasteiger partial charge >= 0.3 is 0 Å². The van der Waals surface area contributed by atoms with Gasteiger partial charge in [-0.05, 0) is 37.1 Å². The van der Waals surface area contributed by atoms with Gasteiger partial charge in [-0.25, -0.2) is 4.68 Å². The van der Waals surface area contributed by atoms with E-state index in [1.165, 1.54) is 4.68 Å². The summed E-state index contributed by atoms with van der Waals surface area (Å²) < 4.78 is 1.25. The summed E-state index contributed by atoms with van der Waals surface area (Å²) in [6, 6.07) is 12.9. The Morgan fingerprint density at radius 1 is 1.06 bits per heavy atom. The molecule has 168 valence electrons. The maximum absolute atomic E-state index is 12.8. The summed E-state index contributed by atoms with van der Waals surface area (Å²) in [6.45, 7) is 3.03. The number of H-pyrrole nitrogens is 1. The molecule has 1 aliphatic rings. The molecule has 1 N–H and O–H groups in total. The standard InChI is InChI=1S/C24H29N5O3/c1-27(19-10-15-28(16-11-19)14-9-18-6-4-5-13-25-18)22(30)12-17-29-24(32)21-8-3-2-7-20(21)23(31)26-29/h2-8,13,19H,9-12,14-17H2,1H3,(H,26,31). The summed E-state index contributed by atoms with van der Waals surface area (Å²) in [7, 11) is 1.84. The first kappa shape index (κ1) is 22.0. The molecule has 0 aliphatic carbocycles. The van der Waals surface area contributed by atoms with E-state index in [1.54, 1.807) is 29.2 Å². The van der Waals surface area contributed by atoms with E-state index in [4.69, 9.17) is 0 Å². The molecule has 32 heavy (non-hydrogen) atoms. The highest BCUT2D eigenvalue weighted by Gasteiger charge is 2.25. The van der Waals surface area contributed by atoms with E-state index in [2.05, 4.69) is 15.0 Å². The quantitative estimate of drug-likeness (QED) is 0.609. The second-order valence-electron chi connectivity index (χ2n) is 8.34. The molecule has 8 nitrogen and oxygen atoms in total. The van der Waals surface area contributed by atoms with E-state index in [0.29, 0.717) is 10.8 Å². The number of benzene rings is 1. The zero-order valence-electron chi connectivity index (χ0n) is 18.4. The second-order valence-corrected chi connectivity index (χ2v) is 8.34. The average Bonchev–Trinajstić information content (AvgIpc) is 2.84. The zero-order chi connectivity index (χ0) is 22.5. The van der Waals surface area contributed by atoms with Gasteiger partial charge in [0.15, 0.2) is 0 Å². The van der Waals surface area contributed by atoms with Gasteiger partial charge in [-0.3, -0.25) is 24.5 Å². The van der Waals surface area contributed by atoms with Crippen molar-refractivity contribution in [1.29, 1.82) is 0 Å². The number of pyridine rings is 1. The topological polar surface area (TPSA) is 91.3 Å². The van der Waals surface area contributed by atoms with Crippen LogP contribution in [0, 0.1) is 0 Å².